The number of hydrogen-bond acceptors (Lipinski definition) is 7. The lowest BCUT2D eigenvalue weighted by Crippen LogP contribution is -2.62. The van der Waals surface area contributed by atoms with Gasteiger partial charge in [-0.1, -0.05) is 13.3 Å². The zero-order valence-electron chi connectivity index (χ0n) is 19.3. The maximum atomic E-state index is 13.2. The molecule has 3 fully saturated rings. The predicted octanol–water partition coefficient (Wildman–Crippen LogP) is 1.71. The zero-order chi connectivity index (χ0) is 24.3. The number of urea groups is 1. The van der Waals surface area contributed by atoms with Crippen molar-refractivity contribution in [2.75, 3.05) is 11.9 Å². The van der Waals surface area contributed by atoms with E-state index in [1.807, 2.05) is 19.1 Å². The second kappa shape index (κ2) is 7.82. The van der Waals surface area contributed by atoms with Crippen LogP contribution in [-0.4, -0.2) is 51.1 Å². The smallest absolute Gasteiger partial charge is 0.334 e. The Labute approximate surface area is 197 Å². The van der Waals surface area contributed by atoms with Crippen LogP contribution in [0.2, 0.25) is 0 Å². The van der Waals surface area contributed by atoms with Gasteiger partial charge in [0.1, 0.15) is 11.4 Å². The molecule has 0 atom stereocenters. The number of nitrogens with two attached hydrogens (primary N) is 2. The highest BCUT2D eigenvalue weighted by Crippen LogP contribution is 2.64. The van der Waals surface area contributed by atoms with E-state index in [-0.39, 0.29) is 35.3 Å². The van der Waals surface area contributed by atoms with Crippen molar-refractivity contribution >= 4 is 29.4 Å². The van der Waals surface area contributed by atoms with Gasteiger partial charge >= 0.3 is 6.03 Å². The number of anilines is 1. The van der Waals surface area contributed by atoms with E-state index < -0.39 is 23.3 Å². The summed E-state index contributed by atoms with van der Waals surface area (Å²) in [6.07, 6.45) is 7.36. The molecule has 10 heteroatoms. The molecule has 34 heavy (non-hydrogen) atoms. The molecule has 5 rings (SSSR count). The molecule has 5 N–H and O–H groups in total. The molecule has 10 nitrogen and oxygen atoms in total. The first-order valence-electron chi connectivity index (χ1n) is 11.9. The Balaban J connectivity index is 1.32. The maximum Gasteiger partial charge on any atom is 0.334 e. The van der Waals surface area contributed by atoms with Crippen molar-refractivity contribution in [3.8, 4) is 0 Å². The first-order chi connectivity index (χ1) is 16.2. The third-order valence-electron chi connectivity index (χ3n) is 8.03. The number of fused-ring (bicyclic) bond motifs is 2. The van der Waals surface area contributed by atoms with Crippen molar-refractivity contribution in [1.82, 2.24) is 14.8 Å². The van der Waals surface area contributed by atoms with Gasteiger partial charge in [0, 0.05) is 18.8 Å². The van der Waals surface area contributed by atoms with E-state index >= 15 is 0 Å². The SMILES string of the molecule is CCCCN1C(=O)C(=C(N)N)C(=O)N(C2CCC3(CC2)CC2(C3)C(=O)Nc3cccnc32)C1=O. The van der Waals surface area contributed by atoms with Gasteiger partial charge in [0.15, 0.2) is 0 Å². The summed E-state index contributed by atoms with van der Waals surface area (Å²) >= 11 is 0. The molecular formula is C24H30N6O4. The number of rotatable bonds is 4. The monoisotopic (exact) mass is 466 g/mol. The van der Waals surface area contributed by atoms with E-state index in [1.54, 1.807) is 6.20 Å². The molecule has 2 saturated carbocycles. The molecule has 0 aromatic carbocycles. The number of carbonyl (C=O) groups excluding carboxylic acids is 4. The van der Waals surface area contributed by atoms with E-state index in [4.69, 9.17) is 11.5 Å². The van der Waals surface area contributed by atoms with Gasteiger partial charge in [0.25, 0.3) is 11.8 Å². The highest BCUT2D eigenvalue weighted by molar-refractivity contribution is 6.29. The quantitative estimate of drug-likeness (QED) is 0.451. The molecule has 4 aliphatic rings. The summed E-state index contributed by atoms with van der Waals surface area (Å²) in [5.41, 5.74) is 12.1. The molecule has 3 heterocycles. The van der Waals surface area contributed by atoms with Gasteiger partial charge in [0.2, 0.25) is 5.91 Å². The fraction of sp³-hybridized carbons (Fsp3) is 0.542. The van der Waals surface area contributed by atoms with Crippen LogP contribution in [0.1, 0.15) is 64.0 Å². The van der Waals surface area contributed by atoms with Crippen LogP contribution in [-0.2, 0) is 19.8 Å². The van der Waals surface area contributed by atoms with Crippen molar-refractivity contribution in [2.45, 2.75) is 69.7 Å². The third-order valence-corrected chi connectivity index (χ3v) is 8.03. The van der Waals surface area contributed by atoms with Gasteiger partial charge < -0.3 is 16.8 Å². The number of unbranched alkanes of at least 4 members (excludes halogenated alkanes) is 1. The Bertz CT molecular complexity index is 1110. The van der Waals surface area contributed by atoms with E-state index in [0.29, 0.717) is 32.1 Å². The number of aromatic nitrogens is 1. The summed E-state index contributed by atoms with van der Waals surface area (Å²) < 4.78 is 0. The number of nitrogens with zero attached hydrogens (tertiary/aromatic N) is 3. The molecule has 180 valence electrons. The molecule has 2 aliphatic heterocycles. The first kappa shape index (κ1) is 22.4. The van der Waals surface area contributed by atoms with Crippen LogP contribution in [0.5, 0.6) is 0 Å². The molecule has 5 amide bonds. The largest absolute Gasteiger partial charge is 0.385 e. The van der Waals surface area contributed by atoms with Crippen molar-refractivity contribution in [1.29, 1.82) is 0 Å². The number of imide groups is 2. The van der Waals surface area contributed by atoms with Crippen molar-refractivity contribution in [3.05, 3.63) is 35.4 Å². The lowest BCUT2D eigenvalue weighted by Gasteiger charge is -2.56. The number of hydrogen-bond donors (Lipinski definition) is 3. The van der Waals surface area contributed by atoms with Gasteiger partial charge in [-0.2, -0.15) is 0 Å². The van der Waals surface area contributed by atoms with Gasteiger partial charge in [-0.05, 0) is 62.5 Å². The minimum absolute atomic E-state index is 0.00797. The molecular weight excluding hydrogens is 436 g/mol. The molecule has 0 bridgehead atoms. The Kier molecular flexibility index (Phi) is 5.14. The molecule has 1 aromatic heterocycles. The first-order valence-corrected chi connectivity index (χ1v) is 11.9. The van der Waals surface area contributed by atoms with Gasteiger partial charge in [-0.15, -0.1) is 0 Å². The highest BCUT2D eigenvalue weighted by Gasteiger charge is 2.64. The second-order valence-corrected chi connectivity index (χ2v) is 10.1. The molecule has 0 unspecified atom stereocenters. The minimum atomic E-state index is -0.716. The Hall–Kier alpha value is -3.43. The van der Waals surface area contributed by atoms with Crippen LogP contribution in [0.25, 0.3) is 0 Å². The summed E-state index contributed by atoms with van der Waals surface area (Å²) in [4.78, 5) is 58.6. The molecule has 1 aromatic rings. The number of barbiturate groups is 1. The average Bonchev–Trinajstić information content (AvgIpc) is 3.06. The number of pyridine rings is 1. The molecule has 1 saturated heterocycles. The van der Waals surface area contributed by atoms with Crippen LogP contribution < -0.4 is 16.8 Å². The Morgan fingerprint density at radius 1 is 1.15 bits per heavy atom. The highest BCUT2D eigenvalue weighted by atomic mass is 16.2. The predicted molar refractivity (Wildman–Crippen MR) is 123 cm³/mol. The van der Waals surface area contributed by atoms with E-state index in [9.17, 15) is 19.2 Å². The Morgan fingerprint density at radius 2 is 1.85 bits per heavy atom. The standard InChI is InChI=1S/C24H30N6O4/c1-2-3-11-29-19(31)16(18(25)26)20(32)30(22(29)34)14-6-8-23(9-7-14)12-24(13-23)17-15(28-21(24)33)5-4-10-27-17/h4-5,10,14H,2-3,6-9,11-13,25-26H2,1H3,(H,28,33). The average molecular weight is 467 g/mol. The Morgan fingerprint density at radius 3 is 2.50 bits per heavy atom. The lowest BCUT2D eigenvalue weighted by atomic mass is 9.47. The zero-order valence-corrected chi connectivity index (χ0v) is 19.3. The minimum Gasteiger partial charge on any atom is -0.385 e. The van der Waals surface area contributed by atoms with Crippen LogP contribution >= 0.6 is 0 Å². The van der Waals surface area contributed by atoms with Gasteiger partial charge in [0.05, 0.1) is 16.8 Å². The lowest BCUT2D eigenvalue weighted by molar-refractivity contribution is -0.139. The summed E-state index contributed by atoms with van der Waals surface area (Å²) in [7, 11) is 0. The maximum absolute atomic E-state index is 13.2. The second-order valence-electron chi connectivity index (χ2n) is 10.1. The van der Waals surface area contributed by atoms with Gasteiger partial charge in [-0.25, -0.2) is 4.79 Å². The van der Waals surface area contributed by atoms with Crippen molar-refractivity contribution in [2.24, 2.45) is 16.9 Å². The number of amides is 5. The van der Waals surface area contributed by atoms with Crippen molar-refractivity contribution in [3.63, 3.8) is 0 Å². The van der Waals surface area contributed by atoms with E-state index in [0.717, 1.165) is 35.5 Å². The topological polar surface area (TPSA) is 152 Å². The molecule has 2 spiro atoms. The molecule has 2 aliphatic carbocycles. The molecule has 0 radical (unpaired) electrons. The summed E-state index contributed by atoms with van der Waals surface area (Å²) in [6.45, 7) is 2.18. The summed E-state index contributed by atoms with van der Waals surface area (Å²) in [5.74, 6) is -1.78. The summed E-state index contributed by atoms with van der Waals surface area (Å²) in [6, 6.07) is 2.77. The van der Waals surface area contributed by atoms with Crippen molar-refractivity contribution < 1.29 is 19.2 Å². The fourth-order valence-corrected chi connectivity index (χ4v) is 6.35. The number of carbonyl (C=O) groups is 4. The van der Waals surface area contributed by atoms with Crippen LogP contribution in [0, 0.1) is 5.41 Å². The summed E-state index contributed by atoms with van der Waals surface area (Å²) in [5, 5.41) is 2.96. The fourth-order valence-electron chi connectivity index (χ4n) is 6.35. The van der Waals surface area contributed by atoms with Crippen LogP contribution in [0.4, 0.5) is 10.5 Å². The third kappa shape index (κ3) is 3.11. The van der Waals surface area contributed by atoms with E-state index in [2.05, 4.69) is 10.3 Å². The van der Waals surface area contributed by atoms with E-state index in [1.165, 1.54) is 4.90 Å². The normalized spacial score (nSPS) is 30.6. The van der Waals surface area contributed by atoms with Crippen LogP contribution in [0.15, 0.2) is 29.7 Å². The number of nitrogens with one attached hydrogen (secondary N) is 1. The van der Waals surface area contributed by atoms with Crippen LogP contribution in [0.3, 0.4) is 0 Å². The van der Waals surface area contributed by atoms with Gasteiger partial charge in [-0.3, -0.25) is 29.2 Å².